The Bertz CT molecular complexity index is 402. The molecule has 0 aromatic heterocycles. The first kappa shape index (κ1) is 10.3. The lowest BCUT2D eigenvalue weighted by Gasteiger charge is -2.12. The molecule has 2 rings (SSSR count). The highest BCUT2D eigenvalue weighted by atomic mass is 16.5. The summed E-state index contributed by atoms with van der Waals surface area (Å²) in [5.41, 5.74) is 5.47. The minimum atomic E-state index is 0.995. The Labute approximate surface area is 91.8 Å². The van der Waals surface area contributed by atoms with E-state index in [9.17, 15) is 0 Å². The maximum absolute atomic E-state index is 5.32. The van der Waals surface area contributed by atoms with E-state index in [2.05, 4.69) is 32.1 Å². The van der Waals surface area contributed by atoms with Gasteiger partial charge < -0.3 is 4.74 Å². The van der Waals surface area contributed by atoms with E-state index < -0.39 is 0 Å². The topological polar surface area (TPSA) is 9.23 Å². The largest absolute Gasteiger partial charge is 0.496 e. The van der Waals surface area contributed by atoms with Crippen molar-refractivity contribution in [3.63, 3.8) is 0 Å². The van der Waals surface area contributed by atoms with Crippen molar-refractivity contribution in [2.24, 2.45) is 0 Å². The van der Waals surface area contributed by atoms with Gasteiger partial charge in [-0.3, -0.25) is 0 Å². The number of allylic oxidation sites excluding steroid dienone is 2. The number of hydrogen-bond acceptors (Lipinski definition) is 1. The molecule has 0 radical (unpaired) electrons. The van der Waals surface area contributed by atoms with Crippen LogP contribution in [-0.2, 0) is 0 Å². The number of benzene rings is 1. The summed E-state index contributed by atoms with van der Waals surface area (Å²) < 4.78 is 5.32. The van der Waals surface area contributed by atoms with Crippen LogP contribution in [-0.4, -0.2) is 7.11 Å². The molecule has 1 aromatic carbocycles. The molecule has 1 aliphatic rings. The highest BCUT2D eigenvalue weighted by Gasteiger charge is 2.11. The predicted molar refractivity (Wildman–Crippen MR) is 64.3 cm³/mol. The summed E-state index contributed by atoms with van der Waals surface area (Å²) in [6.45, 7) is 4.27. The standard InChI is InChI=1S/C14H18O/c1-10-9-14(15-3)11(2)8-13(10)12-6-4-5-7-12/h6,8-9H,4-5,7H2,1-3H3. The van der Waals surface area contributed by atoms with E-state index in [1.54, 1.807) is 7.11 Å². The van der Waals surface area contributed by atoms with Crippen LogP contribution in [0, 0.1) is 13.8 Å². The number of aryl methyl sites for hydroxylation is 2. The minimum absolute atomic E-state index is 0.995. The maximum atomic E-state index is 5.32. The van der Waals surface area contributed by atoms with Gasteiger partial charge in [-0.2, -0.15) is 0 Å². The quantitative estimate of drug-likeness (QED) is 0.707. The van der Waals surface area contributed by atoms with Gasteiger partial charge in [0.05, 0.1) is 7.11 Å². The van der Waals surface area contributed by atoms with Gasteiger partial charge in [0.15, 0.2) is 0 Å². The lowest BCUT2D eigenvalue weighted by Crippen LogP contribution is -1.93. The van der Waals surface area contributed by atoms with Gasteiger partial charge in [0.2, 0.25) is 0 Å². The summed E-state index contributed by atoms with van der Waals surface area (Å²) in [6, 6.07) is 4.40. The third-order valence-corrected chi connectivity index (χ3v) is 3.13. The summed E-state index contributed by atoms with van der Waals surface area (Å²) in [6.07, 6.45) is 6.14. The van der Waals surface area contributed by atoms with Crippen LogP contribution in [0.4, 0.5) is 0 Å². The van der Waals surface area contributed by atoms with E-state index in [-0.39, 0.29) is 0 Å². The van der Waals surface area contributed by atoms with Crippen molar-refractivity contribution in [3.05, 3.63) is 34.9 Å². The smallest absolute Gasteiger partial charge is 0.122 e. The second-order valence-corrected chi connectivity index (χ2v) is 4.26. The van der Waals surface area contributed by atoms with E-state index in [4.69, 9.17) is 4.74 Å². The van der Waals surface area contributed by atoms with Crippen molar-refractivity contribution >= 4 is 5.57 Å². The number of methoxy groups -OCH3 is 1. The fourth-order valence-electron chi connectivity index (χ4n) is 2.27. The Morgan fingerprint density at radius 2 is 1.93 bits per heavy atom. The summed E-state index contributed by atoms with van der Waals surface area (Å²) >= 11 is 0. The third-order valence-electron chi connectivity index (χ3n) is 3.13. The zero-order chi connectivity index (χ0) is 10.8. The first-order chi connectivity index (χ1) is 7.22. The van der Waals surface area contributed by atoms with Gasteiger partial charge in [-0.25, -0.2) is 0 Å². The molecule has 0 unspecified atom stereocenters. The Morgan fingerprint density at radius 1 is 1.13 bits per heavy atom. The maximum Gasteiger partial charge on any atom is 0.122 e. The van der Waals surface area contributed by atoms with E-state index in [0.29, 0.717) is 0 Å². The van der Waals surface area contributed by atoms with Crippen LogP contribution in [0.2, 0.25) is 0 Å². The van der Waals surface area contributed by atoms with Gasteiger partial charge in [-0.05, 0) is 67.5 Å². The molecule has 1 aromatic rings. The molecule has 1 aliphatic carbocycles. The molecule has 0 saturated heterocycles. The molecule has 0 bridgehead atoms. The van der Waals surface area contributed by atoms with E-state index in [1.807, 2.05) is 0 Å². The molecule has 0 N–H and O–H groups in total. The minimum Gasteiger partial charge on any atom is -0.496 e. The van der Waals surface area contributed by atoms with Gasteiger partial charge >= 0.3 is 0 Å². The molecule has 0 saturated carbocycles. The fraction of sp³-hybridized carbons (Fsp3) is 0.429. The van der Waals surface area contributed by atoms with Crippen LogP contribution in [0.25, 0.3) is 5.57 Å². The van der Waals surface area contributed by atoms with Crippen molar-refractivity contribution in [2.75, 3.05) is 7.11 Å². The molecule has 1 heteroatoms. The number of rotatable bonds is 2. The zero-order valence-electron chi connectivity index (χ0n) is 9.76. The lowest BCUT2D eigenvalue weighted by atomic mass is 9.97. The fourth-order valence-corrected chi connectivity index (χ4v) is 2.27. The molecule has 0 aliphatic heterocycles. The third kappa shape index (κ3) is 1.92. The second-order valence-electron chi connectivity index (χ2n) is 4.26. The summed E-state index contributed by atoms with van der Waals surface area (Å²) in [7, 11) is 1.73. The Kier molecular flexibility index (Phi) is 2.81. The van der Waals surface area contributed by atoms with Crippen LogP contribution in [0.5, 0.6) is 5.75 Å². The zero-order valence-corrected chi connectivity index (χ0v) is 9.76. The molecule has 0 fully saturated rings. The van der Waals surface area contributed by atoms with Gasteiger partial charge in [-0.15, -0.1) is 0 Å². The summed E-state index contributed by atoms with van der Waals surface area (Å²) in [5.74, 6) is 0.995. The molecule has 15 heavy (non-hydrogen) atoms. The van der Waals surface area contributed by atoms with E-state index >= 15 is 0 Å². The average molecular weight is 202 g/mol. The molecule has 80 valence electrons. The van der Waals surface area contributed by atoms with Crippen LogP contribution >= 0.6 is 0 Å². The molecular formula is C14H18O. The highest BCUT2D eigenvalue weighted by molar-refractivity contribution is 5.71. The van der Waals surface area contributed by atoms with Crippen LogP contribution < -0.4 is 4.74 Å². The normalized spacial score (nSPS) is 15.3. The van der Waals surface area contributed by atoms with Crippen LogP contribution in [0.15, 0.2) is 18.2 Å². The molecular weight excluding hydrogens is 184 g/mol. The van der Waals surface area contributed by atoms with Crippen molar-refractivity contribution in [1.29, 1.82) is 0 Å². The first-order valence-corrected chi connectivity index (χ1v) is 5.57. The molecule has 0 spiro atoms. The Hall–Kier alpha value is -1.24. The van der Waals surface area contributed by atoms with Crippen molar-refractivity contribution in [3.8, 4) is 5.75 Å². The number of hydrogen-bond donors (Lipinski definition) is 0. The van der Waals surface area contributed by atoms with Gasteiger partial charge in [0, 0.05) is 0 Å². The predicted octanol–water partition coefficient (Wildman–Crippen LogP) is 3.88. The molecule has 1 nitrogen and oxygen atoms in total. The SMILES string of the molecule is COc1cc(C)c(C2=CCCC2)cc1C. The average Bonchev–Trinajstić information content (AvgIpc) is 2.74. The molecule has 0 heterocycles. The van der Waals surface area contributed by atoms with Crippen LogP contribution in [0.1, 0.15) is 36.0 Å². The summed E-state index contributed by atoms with van der Waals surface area (Å²) in [5, 5.41) is 0. The highest BCUT2D eigenvalue weighted by Crippen LogP contribution is 2.33. The first-order valence-electron chi connectivity index (χ1n) is 5.57. The molecule has 0 atom stereocenters. The van der Waals surface area contributed by atoms with Gasteiger partial charge in [-0.1, -0.05) is 6.08 Å². The number of ether oxygens (including phenoxy) is 1. The monoisotopic (exact) mass is 202 g/mol. The van der Waals surface area contributed by atoms with Gasteiger partial charge in [0.25, 0.3) is 0 Å². The lowest BCUT2D eigenvalue weighted by molar-refractivity contribution is 0.411. The second kappa shape index (κ2) is 4.09. The van der Waals surface area contributed by atoms with Crippen LogP contribution in [0.3, 0.4) is 0 Å². The Morgan fingerprint density at radius 3 is 2.53 bits per heavy atom. The van der Waals surface area contributed by atoms with Gasteiger partial charge in [0.1, 0.15) is 5.75 Å². The van der Waals surface area contributed by atoms with Crippen molar-refractivity contribution in [2.45, 2.75) is 33.1 Å². The van der Waals surface area contributed by atoms with Crippen molar-refractivity contribution < 1.29 is 4.74 Å². The van der Waals surface area contributed by atoms with E-state index in [0.717, 1.165) is 5.75 Å². The van der Waals surface area contributed by atoms with E-state index in [1.165, 1.54) is 41.5 Å². The summed E-state index contributed by atoms with van der Waals surface area (Å²) in [4.78, 5) is 0. The van der Waals surface area contributed by atoms with Crippen molar-refractivity contribution in [1.82, 2.24) is 0 Å². The molecule has 0 amide bonds. The Balaban J connectivity index is 2.44.